The van der Waals surface area contributed by atoms with E-state index in [0.717, 1.165) is 32.3 Å². The number of ether oxygens (including phenoxy) is 1. The molecule has 2 fully saturated rings. The molecule has 3 N–H and O–H groups in total. The fourth-order valence-corrected chi connectivity index (χ4v) is 3.39. The van der Waals surface area contributed by atoms with Gasteiger partial charge in [-0.25, -0.2) is 0 Å². The highest BCUT2D eigenvalue weighted by Gasteiger charge is 2.57. The topological polar surface area (TPSA) is 55.5 Å². The van der Waals surface area contributed by atoms with Crippen LogP contribution in [-0.2, 0) is 4.74 Å². The van der Waals surface area contributed by atoms with Crippen LogP contribution < -0.4 is 5.73 Å². The van der Waals surface area contributed by atoms with Crippen LogP contribution in [0.15, 0.2) is 0 Å². The molecule has 0 unspecified atom stereocenters. The maximum Gasteiger partial charge on any atom is 0.0765 e. The zero-order valence-electron chi connectivity index (χ0n) is 9.67. The lowest BCUT2D eigenvalue weighted by molar-refractivity contribution is -0.198. The van der Waals surface area contributed by atoms with Gasteiger partial charge in [-0.3, -0.25) is 0 Å². The summed E-state index contributed by atoms with van der Waals surface area (Å²) in [6, 6.07) is 0. The summed E-state index contributed by atoms with van der Waals surface area (Å²) in [5.74, 6) is 0. The van der Waals surface area contributed by atoms with E-state index in [9.17, 15) is 5.11 Å². The molecule has 2 saturated carbocycles. The summed E-state index contributed by atoms with van der Waals surface area (Å²) in [6.45, 7) is 3.38. The van der Waals surface area contributed by atoms with Gasteiger partial charge in [0.15, 0.2) is 0 Å². The summed E-state index contributed by atoms with van der Waals surface area (Å²) in [6.07, 6.45) is 6.48. The number of nitrogens with two attached hydrogens (primary N) is 1. The molecule has 0 atom stereocenters. The summed E-state index contributed by atoms with van der Waals surface area (Å²) in [5, 5.41) is 10.6. The summed E-state index contributed by atoms with van der Waals surface area (Å²) >= 11 is 0. The van der Waals surface area contributed by atoms with Gasteiger partial charge in [0.05, 0.1) is 11.7 Å². The molecule has 0 aliphatic heterocycles. The molecule has 2 aliphatic carbocycles. The van der Waals surface area contributed by atoms with E-state index >= 15 is 0 Å². The number of rotatable bonds is 4. The lowest BCUT2D eigenvalue weighted by Crippen LogP contribution is -2.61. The quantitative estimate of drug-likeness (QED) is 0.743. The van der Waals surface area contributed by atoms with Crippen molar-refractivity contribution in [1.29, 1.82) is 0 Å². The van der Waals surface area contributed by atoms with Crippen molar-refractivity contribution in [1.82, 2.24) is 0 Å². The first kappa shape index (κ1) is 11.4. The summed E-state index contributed by atoms with van der Waals surface area (Å²) in [4.78, 5) is 0. The highest BCUT2D eigenvalue weighted by molar-refractivity contribution is 5.10. The van der Waals surface area contributed by atoms with Gasteiger partial charge < -0.3 is 15.6 Å². The van der Waals surface area contributed by atoms with Gasteiger partial charge in [-0.05, 0) is 19.8 Å². The first-order chi connectivity index (χ1) is 7.16. The Balaban J connectivity index is 1.98. The molecule has 3 nitrogen and oxygen atoms in total. The van der Waals surface area contributed by atoms with Crippen molar-refractivity contribution in [3.8, 4) is 0 Å². The lowest BCUT2D eigenvalue weighted by Gasteiger charge is -2.54. The second-order valence-corrected chi connectivity index (χ2v) is 5.21. The number of hydrogen-bond donors (Lipinski definition) is 2. The van der Waals surface area contributed by atoms with E-state index in [1.165, 1.54) is 12.8 Å². The van der Waals surface area contributed by atoms with Crippen LogP contribution in [0.5, 0.6) is 0 Å². The Hall–Kier alpha value is -0.120. The molecule has 15 heavy (non-hydrogen) atoms. The Bertz CT molecular complexity index is 218. The monoisotopic (exact) mass is 213 g/mol. The second-order valence-electron chi connectivity index (χ2n) is 5.21. The standard InChI is InChI=1S/C12H23NO2/c1-2-15-10-7-12(14,8-10)11(9-13)5-3-4-6-11/h10,14H,2-9,13H2,1H3. The molecule has 3 heteroatoms. The molecule has 2 aliphatic rings. The lowest BCUT2D eigenvalue weighted by atomic mass is 9.59. The van der Waals surface area contributed by atoms with E-state index in [1.54, 1.807) is 0 Å². The van der Waals surface area contributed by atoms with Crippen LogP contribution in [0.4, 0.5) is 0 Å². The molecule has 0 amide bonds. The molecule has 0 aromatic heterocycles. The van der Waals surface area contributed by atoms with E-state index in [-0.39, 0.29) is 11.5 Å². The van der Waals surface area contributed by atoms with Crippen LogP contribution in [-0.4, -0.2) is 30.0 Å². The van der Waals surface area contributed by atoms with Crippen LogP contribution in [0.1, 0.15) is 45.4 Å². The maximum atomic E-state index is 10.6. The van der Waals surface area contributed by atoms with Crippen LogP contribution in [0.3, 0.4) is 0 Å². The van der Waals surface area contributed by atoms with Gasteiger partial charge in [0.25, 0.3) is 0 Å². The molecule has 0 saturated heterocycles. The smallest absolute Gasteiger partial charge is 0.0765 e. The van der Waals surface area contributed by atoms with E-state index in [2.05, 4.69) is 0 Å². The molecule has 0 heterocycles. The van der Waals surface area contributed by atoms with Gasteiger partial charge in [-0.1, -0.05) is 12.8 Å². The molecular weight excluding hydrogens is 190 g/mol. The SMILES string of the molecule is CCOC1CC(O)(C2(CN)CCCC2)C1. The Morgan fingerprint density at radius 1 is 1.33 bits per heavy atom. The van der Waals surface area contributed by atoms with Gasteiger partial charge in [0, 0.05) is 31.4 Å². The fraction of sp³-hybridized carbons (Fsp3) is 1.00. The average Bonchev–Trinajstić information content (AvgIpc) is 2.65. The van der Waals surface area contributed by atoms with E-state index < -0.39 is 5.60 Å². The summed E-state index contributed by atoms with van der Waals surface area (Å²) in [7, 11) is 0. The van der Waals surface area contributed by atoms with Crippen molar-refractivity contribution in [2.24, 2.45) is 11.1 Å². The van der Waals surface area contributed by atoms with E-state index in [1.807, 2.05) is 6.92 Å². The van der Waals surface area contributed by atoms with Gasteiger partial charge in [0.2, 0.25) is 0 Å². The molecule has 88 valence electrons. The number of aliphatic hydroxyl groups is 1. The normalized spacial score (nSPS) is 39.0. The minimum absolute atomic E-state index is 0.000597. The van der Waals surface area contributed by atoms with Crippen molar-refractivity contribution >= 4 is 0 Å². The van der Waals surface area contributed by atoms with E-state index in [0.29, 0.717) is 6.54 Å². The highest BCUT2D eigenvalue weighted by atomic mass is 16.5. The van der Waals surface area contributed by atoms with Crippen LogP contribution in [0, 0.1) is 5.41 Å². The van der Waals surface area contributed by atoms with Crippen molar-refractivity contribution in [2.45, 2.75) is 57.2 Å². The van der Waals surface area contributed by atoms with Crippen LogP contribution in [0.2, 0.25) is 0 Å². The van der Waals surface area contributed by atoms with E-state index in [4.69, 9.17) is 10.5 Å². The van der Waals surface area contributed by atoms with Crippen LogP contribution >= 0.6 is 0 Å². The van der Waals surface area contributed by atoms with Crippen molar-refractivity contribution in [3.63, 3.8) is 0 Å². The molecule has 2 rings (SSSR count). The molecule has 0 bridgehead atoms. The van der Waals surface area contributed by atoms with Crippen molar-refractivity contribution in [3.05, 3.63) is 0 Å². The summed E-state index contributed by atoms with van der Waals surface area (Å²) in [5.41, 5.74) is 5.35. The Labute approximate surface area is 92.0 Å². The third-order valence-corrected chi connectivity index (χ3v) is 4.47. The largest absolute Gasteiger partial charge is 0.389 e. The first-order valence-electron chi connectivity index (χ1n) is 6.20. The summed E-state index contributed by atoms with van der Waals surface area (Å²) < 4.78 is 5.52. The molecule has 0 aromatic rings. The number of hydrogen-bond acceptors (Lipinski definition) is 3. The minimum atomic E-state index is -0.530. The average molecular weight is 213 g/mol. The molecule has 0 aromatic carbocycles. The first-order valence-corrected chi connectivity index (χ1v) is 6.20. The Morgan fingerprint density at radius 2 is 1.93 bits per heavy atom. The zero-order chi connectivity index (χ0) is 10.9. The fourth-order valence-electron chi connectivity index (χ4n) is 3.39. The third kappa shape index (κ3) is 1.71. The maximum absolute atomic E-state index is 10.6. The van der Waals surface area contributed by atoms with Gasteiger partial charge in [-0.2, -0.15) is 0 Å². The molecule has 0 radical (unpaired) electrons. The van der Waals surface area contributed by atoms with Crippen molar-refractivity contribution < 1.29 is 9.84 Å². The second kappa shape index (κ2) is 4.04. The van der Waals surface area contributed by atoms with Gasteiger partial charge in [-0.15, -0.1) is 0 Å². The zero-order valence-corrected chi connectivity index (χ0v) is 9.67. The Morgan fingerprint density at radius 3 is 2.40 bits per heavy atom. The molecular formula is C12H23NO2. The minimum Gasteiger partial charge on any atom is -0.389 e. The highest BCUT2D eigenvalue weighted by Crippen LogP contribution is 2.54. The van der Waals surface area contributed by atoms with Gasteiger partial charge in [0.1, 0.15) is 0 Å². The Kier molecular flexibility index (Phi) is 3.06. The predicted octanol–water partition coefficient (Wildman–Crippen LogP) is 1.44. The molecule has 0 spiro atoms. The third-order valence-electron chi connectivity index (χ3n) is 4.47. The predicted molar refractivity (Wildman–Crippen MR) is 59.6 cm³/mol. The van der Waals surface area contributed by atoms with Crippen LogP contribution in [0.25, 0.3) is 0 Å². The van der Waals surface area contributed by atoms with Gasteiger partial charge >= 0.3 is 0 Å². The van der Waals surface area contributed by atoms with Crippen molar-refractivity contribution in [2.75, 3.05) is 13.2 Å².